The van der Waals surface area contributed by atoms with Crippen LogP contribution in [0.2, 0.25) is 0 Å². The van der Waals surface area contributed by atoms with E-state index in [4.69, 9.17) is 4.74 Å². The fourth-order valence-corrected chi connectivity index (χ4v) is 2.28. The molecule has 0 saturated heterocycles. The van der Waals surface area contributed by atoms with Gasteiger partial charge in [0, 0.05) is 4.90 Å². The molecule has 0 aromatic heterocycles. The first-order chi connectivity index (χ1) is 8.81. The summed E-state index contributed by atoms with van der Waals surface area (Å²) in [6, 6.07) is 16.7. The lowest BCUT2D eigenvalue weighted by Gasteiger charge is -2.09. The van der Waals surface area contributed by atoms with Crippen LogP contribution in [-0.2, 0) is 13.0 Å². The molecule has 0 amide bonds. The quantitative estimate of drug-likeness (QED) is 0.728. The van der Waals surface area contributed by atoms with Crippen molar-refractivity contribution in [2.75, 3.05) is 6.26 Å². The summed E-state index contributed by atoms with van der Waals surface area (Å²) < 4.78 is 5.86. The van der Waals surface area contributed by atoms with E-state index >= 15 is 0 Å². The summed E-state index contributed by atoms with van der Waals surface area (Å²) in [6.45, 7) is 2.79. The predicted molar refractivity (Wildman–Crippen MR) is 78.4 cm³/mol. The number of hydrogen-bond donors (Lipinski definition) is 0. The Morgan fingerprint density at radius 2 is 1.78 bits per heavy atom. The summed E-state index contributed by atoms with van der Waals surface area (Å²) in [4.78, 5) is 1.26. The standard InChI is InChI=1S/C16H18OS/c1-3-13-9-15(11-16(10-13)18-2)17-12-14-7-5-4-6-8-14/h4-11H,3,12H2,1-2H3. The summed E-state index contributed by atoms with van der Waals surface area (Å²) in [5, 5.41) is 0. The highest BCUT2D eigenvalue weighted by molar-refractivity contribution is 7.98. The molecule has 2 aromatic rings. The maximum Gasteiger partial charge on any atom is 0.121 e. The molecule has 94 valence electrons. The fourth-order valence-electron chi connectivity index (χ4n) is 1.78. The predicted octanol–water partition coefficient (Wildman–Crippen LogP) is 4.55. The molecule has 2 aromatic carbocycles. The summed E-state index contributed by atoms with van der Waals surface area (Å²) in [6.07, 6.45) is 3.13. The molecular formula is C16H18OS. The largest absolute Gasteiger partial charge is 0.489 e. The zero-order chi connectivity index (χ0) is 12.8. The Labute approximate surface area is 113 Å². The van der Waals surface area contributed by atoms with Gasteiger partial charge in [0.15, 0.2) is 0 Å². The van der Waals surface area contributed by atoms with Crippen molar-refractivity contribution in [3.63, 3.8) is 0 Å². The third-order valence-corrected chi connectivity index (χ3v) is 3.54. The molecule has 0 N–H and O–H groups in total. The van der Waals surface area contributed by atoms with Crippen LogP contribution in [0.15, 0.2) is 53.4 Å². The third kappa shape index (κ3) is 3.54. The van der Waals surface area contributed by atoms with Crippen molar-refractivity contribution < 1.29 is 4.74 Å². The number of benzene rings is 2. The maximum absolute atomic E-state index is 5.86. The van der Waals surface area contributed by atoms with Crippen molar-refractivity contribution in [2.24, 2.45) is 0 Å². The molecule has 1 nitrogen and oxygen atoms in total. The summed E-state index contributed by atoms with van der Waals surface area (Å²) in [5.74, 6) is 0.961. The summed E-state index contributed by atoms with van der Waals surface area (Å²) >= 11 is 1.75. The Morgan fingerprint density at radius 1 is 1.00 bits per heavy atom. The van der Waals surface area contributed by atoms with Crippen molar-refractivity contribution in [1.82, 2.24) is 0 Å². The number of thioether (sulfide) groups is 1. The number of rotatable bonds is 5. The Hall–Kier alpha value is -1.41. The molecule has 0 atom stereocenters. The van der Waals surface area contributed by atoms with Gasteiger partial charge in [-0.3, -0.25) is 0 Å². The van der Waals surface area contributed by atoms with Gasteiger partial charge in [-0.2, -0.15) is 0 Å². The van der Waals surface area contributed by atoms with Crippen LogP contribution in [0.5, 0.6) is 5.75 Å². The molecule has 0 fully saturated rings. The van der Waals surface area contributed by atoms with Crippen molar-refractivity contribution in [3.05, 3.63) is 59.7 Å². The van der Waals surface area contributed by atoms with E-state index < -0.39 is 0 Å². The van der Waals surface area contributed by atoms with Gasteiger partial charge >= 0.3 is 0 Å². The molecule has 0 heterocycles. The minimum absolute atomic E-state index is 0.627. The van der Waals surface area contributed by atoms with Crippen LogP contribution >= 0.6 is 11.8 Å². The van der Waals surface area contributed by atoms with Crippen LogP contribution in [0.3, 0.4) is 0 Å². The van der Waals surface area contributed by atoms with E-state index in [0.29, 0.717) is 6.61 Å². The molecule has 0 aliphatic heterocycles. The monoisotopic (exact) mass is 258 g/mol. The molecule has 0 saturated carbocycles. The van der Waals surface area contributed by atoms with Gasteiger partial charge in [0.05, 0.1) is 0 Å². The Balaban J connectivity index is 2.09. The average Bonchev–Trinajstić information content (AvgIpc) is 2.45. The lowest BCUT2D eigenvalue weighted by Crippen LogP contribution is -1.96. The zero-order valence-electron chi connectivity index (χ0n) is 10.8. The topological polar surface area (TPSA) is 9.23 Å². The highest BCUT2D eigenvalue weighted by Crippen LogP contribution is 2.24. The molecule has 2 heteroatoms. The van der Waals surface area contributed by atoms with Gasteiger partial charge in [-0.05, 0) is 42.0 Å². The van der Waals surface area contributed by atoms with Gasteiger partial charge in [-0.25, -0.2) is 0 Å². The van der Waals surface area contributed by atoms with E-state index in [-0.39, 0.29) is 0 Å². The lowest BCUT2D eigenvalue weighted by molar-refractivity contribution is 0.305. The van der Waals surface area contributed by atoms with Crippen LogP contribution in [0.4, 0.5) is 0 Å². The van der Waals surface area contributed by atoms with E-state index in [2.05, 4.69) is 43.5 Å². The van der Waals surface area contributed by atoms with E-state index in [1.807, 2.05) is 18.2 Å². The van der Waals surface area contributed by atoms with Crippen LogP contribution in [0.25, 0.3) is 0 Å². The first-order valence-corrected chi connectivity index (χ1v) is 7.39. The van der Waals surface area contributed by atoms with Gasteiger partial charge in [-0.1, -0.05) is 37.3 Å². The van der Waals surface area contributed by atoms with E-state index in [1.165, 1.54) is 16.0 Å². The van der Waals surface area contributed by atoms with Gasteiger partial charge in [-0.15, -0.1) is 11.8 Å². The molecule has 2 rings (SSSR count). The molecule has 0 aliphatic rings. The SMILES string of the molecule is CCc1cc(OCc2ccccc2)cc(SC)c1. The Morgan fingerprint density at radius 3 is 2.44 bits per heavy atom. The Kier molecular flexibility index (Phi) is 4.71. The normalized spacial score (nSPS) is 10.3. The number of aryl methyl sites for hydroxylation is 1. The first-order valence-electron chi connectivity index (χ1n) is 6.16. The van der Waals surface area contributed by atoms with Crippen molar-refractivity contribution in [2.45, 2.75) is 24.8 Å². The van der Waals surface area contributed by atoms with Gasteiger partial charge in [0.2, 0.25) is 0 Å². The highest BCUT2D eigenvalue weighted by atomic mass is 32.2. The molecule has 0 radical (unpaired) electrons. The fraction of sp³-hybridized carbons (Fsp3) is 0.250. The van der Waals surface area contributed by atoms with Crippen LogP contribution in [0.1, 0.15) is 18.1 Å². The minimum Gasteiger partial charge on any atom is -0.489 e. The second-order valence-corrected chi connectivity index (χ2v) is 5.02. The van der Waals surface area contributed by atoms with Gasteiger partial charge in [0.25, 0.3) is 0 Å². The van der Waals surface area contributed by atoms with Crippen LogP contribution < -0.4 is 4.74 Å². The van der Waals surface area contributed by atoms with E-state index in [9.17, 15) is 0 Å². The molecule has 18 heavy (non-hydrogen) atoms. The van der Waals surface area contributed by atoms with Gasteiger partial charge in [0.1, 0.15) is 12.4 Å². The van der Waals surface area contributed by atoms with E-state index in [0.717, 1.165) is 12.2 Å². The van der Waals surface area contributed by atoms with Crippen molar-refractivity contribution in [3.8, 4) is 5.75 Å². The summed E-state index contributed by atoms with van der Waals surface area (Å²) in [7, 11) is 0. The summed E-state index contributed by atoms with van der Waals surface area (Å²) in [5.41, 5.74) is 2.52. The third-order valence-electron chi connectivity index (χ3n) is 2.83. The van der Waals surface area contributed by atoms with Crippen molar-refractivity contribution in [1.29, 1.82) is 0 Å². The number of ether oxygens (including phenoxy) is 1. The molecular weight excluding hydrogens is 240 g/mol. The Bertz CT molecular complexity index is 471. The first kappa shape index (κ1) is 13.0. The molecule has 0 aliphatic carbocycles. The lowest BCUT2D eigenvalue weighted by atomic mass is 10.1. The van der Waals surface area contributed by atoms with Crippen LogP contribution in [0, 0.1) is 0 Å². The average molecular weight is 258 g/mol. The number of hydrogen-bond acceptors (Lipinski definition) is 2. The van der Waals surface area contributed by atoms with Gasteiger partial charge < -0.3 is 4.74 Å². The molecule has 0 unspecified atom stereocenters. The van der Waals surface area contributed by atoms with Crippen LogP contribution in [-0.4, -0.2) is 6.26 Å². The van der Waals surface area contributed by atoms with E-state index in [1.54, 1.807) is 11.8 Å². The highest BCUT2D eigenvalue weighted by Gasteiger charge is 2.01. The van der Waals surface area contributed by atoms with Crippen molar-refractivity contribution >= 4 is 11.8 Å². The zero-order valence-corrected chi connectivity index (χ0v) is 11.7. The second kappa shape index (κ2) is 6.50. The molecule has 0 bridgehead atoms. The maximum atomic E-state index is 5.86. The molecule has 0 spiro atoms. The second-order valence-electron chi connectivity index (χ2n) is 4.14. The smallest absolute Gasteiger partial charge is 0.121 e. The minimum atomic E-state index is 0.627.